The zero-order valence-corrected chi connectivity index (χ0v) is 17.2. The first-order valence-electron chi connectivity index (χ1n) is 11.4. The summed E-state index contributed by atoms with van der Waals surface area (Å²) in [6, 6.07) is 6.51. The van der Waals surface area contributed by atoms with Crippen molar-refractivity contribution in [2.24, 2.45) is 11.8 Å². The molecule has 5 nitrogen and oxygen atoms in total. The Morgan fingerprint density at radius 3 is 2.61 bits per heavy atom. The van der Waals surface area contributed by atoms with E-state index in [-0.39, 0.29) is 11.8 Å². The van der Waals surface area contributed by atoms with Gasteiger partial charge in [0.05, 0.1) is 18.2 Å². The first-order chi connectivity index (χ1) is 13.8. The SMILES string of the molecule is O=C(NCc1ccccn1)[C@@H]1CCCN(C2CCN(CC3CCCC3)CC2)C1. The van der Waals surface area contributed by atoms with Gasteiger partial charge in [0.2, 0.25) is 5.91 Å². The third-order valence-electron chi connectivity index (χ3n) is 7.06. The molecule has 2 saturated heterocycles. The first-order valence-corrected chi connectivity index (χ1v) is 11.4. The fourth-order valence-electron chi connectivity index (χ4n) is 5.40. The van der Waals surface area contributed by atoms with E-state index >= 15 is 0 Å². The zero-order chi connectivity index (χ0) is 19.2. The minimum atomic E-state index is 0.133. The third-order valence-corrected chi connectivity index (χ3v) is 7.06. The Balaban J connectivity index is 1.21. The number of piperidine rings is 2. The molecule has 1 aliphatic carbocycles. The summed E-state index contributed by atoms with van der Waals surface area (Å²) >= 11 is 0. The van der Waals surface area contributed by atoms with Crippen LogP contribution in [0.2, 0.25) is 0 Å². The number of carbonyl (C=O) groups is 1. The highest BCUT2D eigenvalue weighted by Gasteiger charge is 2.32. The summed E-state index contributed by atoms with van der Waals surface area (Å²) in [5, 5.41) is 3.10. The molecule has 1 atom stereocenters. The van der Waals surface area contributed by atoms with Crippen molar-refractivity contribution < 1.29 is 4.79 Å². The summed E-state index contributed by atoms with van der Waals surface area (Å²) in [6.07, 6.45) is 12.3. The molecular formula is C23H36N4O. The van der Waals surface area contributed by atoms with Crippen LogP contribution in [-0.2, 0) is 11.3 Å². The Kier molecular flexibility index (Phi) is 6.97. The second kappa shape index (κ2) is 9.84. The van der Waals surface area contributed by atoms with Crippen molar-refractivity contribution in [3.8, 4) is 0 Å². The molecule has 0 aromatic carbocycles. The van der Waals surface area contributed by atoms with Gasteiger partial charge in [-0.1, -0.05) is 18.9 Å². The number of pyridine rings is 1. The number of carbonyl (C=O) groups excluding carboxylic acids is 1. The summed E-state index contributed by atoms with van der Waals surface area (Å²) in [4.78, 5) is 22.3. The highest BCUT2D eigenvalue weighted by Crippen LogP contribution is 2.28. The van der Waals surface area contributed by atoms with Gasteiger partial charge in [-0.25, -0.2) is 0 Å². The van der Waals surface area contributed by atoms with Gasteiger partial charge in [-0.15, -0.1) is 0 Å². The summed E-state index contributed by atoms with van der Waals surface area (Å²) in [6.45, 7) is 6.45. The number of likely N-dealkylation sites (tertiary alicyclic amines) is 2. The van der Waals surface area contributed by atoms with Crippen molar-refractivity contribution in [1.29, 1.82) is 0 Å². The zero-order valence-electron chi connectivity index (χ0n) is 17.2. The number of nitrogens with one attached hydrogen (secondary N) is 1. The van der Waals surface area contributed by atoms with Gasteiger partial charge < -0.3 is 10.2 Å². The molecule has 2 aliphatic heterocycles. The van der Waals surface area contributed by atoms with Crippen molar-refractivity contribution in [2.45, 2.75) is 64.0 Å². The van der Waals surface area contributed by atoms with Gasteiger partial charge in [-0.3, -0.25) is 14.7 Å². The van der Waals surface area contributed by atoms with Crippen LogP contribution < -0.4 is 5.32 Å². The fourth-order valence-corrected chi connectivity index (χ4v) is 5.40. The average molecular weight is 385 g/mol. The van der Waals surface area contributed by atoms with Crippen LogP contribution in [0.1, 0.15) is 57.1 Å². The van der Waals surface area contributed by atoms with Crippen LogP contribution in [0, 0.1) is 11.8 Å². The molecule has 1 saturated carbocycles. The fraction of sp³-hybridized carbons (Fsp3) is 0.739. The molecule has 4 rings (SSSR count). The summed E-state index contributed by atoms with van der Waals surface area (Å²) < 4.78 is 0. The Bertz CT molecular complexity index is 608. The molecule has 0 spiro atoms. The number of rotatable bonds is 6. The lowest BCUT2D eigenvalue weighted by molar-refractivity contribution is -0.127. The van der Waals surface area contributed by atoms with E-state index in [4.69, 9.17) is 0 Å². The lowest BCUT2D eigenvalue weighted by atomic mass is 9.93. The molecule has 3 aliphatic rings. The van der Waals surface area contributed by atoms with Gasteiger partial charge in [0.1, 0.15) is 0 Å². The molecule has 0 radical (unpaired) electrons. The first kappa shape index (κ1) is 19.8. The number of amides is 1. The Morgan fingerprint density at radius 2 is 1.86 bits per heavy atom. The molecule has 5 heteroatoms. The van der Waals surface area contributed by atoms with E-state index in [0.717, 1.165) is 37.5 Å². The molecule has 1 amide bonds. The molecule has 0 unspecified atom stereocenters. The van der Waals surface area contributed by atoms with Crippen LogP contribution in [0.3, 0.4) is 0 Å². The minimum Gasteiger partial charge on any atom is -0.350 e. The highest BCUT2D eigenvalue weighted by molar-refractivity contribution is 5.78. The van der Waals surface area contributed by atoms with Crippen LogP contribution in [0.5, 0.6) is 0 Å². The second-order valence-corrected chi connectivity index (χ2v) is 9.06. The maximum Gasteiger partial charge on any atom is 0.224 e. The molecular weight excluding hydrogens is 348 g/mol. The summed E-state index contributed by atoms with van der Waals surface area (Å²) in [5.74, 6) is 1.29. The summed E-state index contributed by atoms with van der Waals surface area (Å²) in [5.41, 5.74) is 0.929. The predicted octanol–water partition coefficient (Wildman–Crippen LogP) is 3.06. The van der Waals surface area contributed by atoms with Crippen molar-refractivity contribution in [3.05, 3.63) is 30.1 Å². The molecule has 1 aromatic rings. The van der Waals surface area contributed by atoms with Crippen LogP contribution in [0.15, 0.2) is 24.4 Å². The predicted molar refractivity (Wildman–Crippen MR) is 112 cm³/mol. The molecule has 3 heterocycles. The van der Waals surface area contributed by atoms with Crippen LogP contribution >= 0.6 is 0 Å². The van der Waals surface area contributed by atoms with Gasteiger partial charge >= 0.3 is 0 Å². The van der Waals surface area contributed by atoms with E-state index < -0.39 is 0 Å². The van der Waals surface area contributed by atoms with Crippen molar-refractivity contribution in [2.75, 3.05) is 32.7 Å². The third kappa shape index (κ3) is 5.32. The number of nitrogens with zero attached hydrogens (tertiary/aromatic N) is 3. The molecule has 1 aromatic heterocycles. The standard InChI is InChI=1S/C23H36N4O/c28-23(25-16-21-9-3-4-12-24-21)20-8-5-13-27(18-20)22-10-14-26(15-11-22)17-19-6-1-2-7-19/h3-4,9,12,19-20,22H,1-2,5-8,10-11,13-18H2,(H,25,28)/t20-/m1/s1. The molecule has 0 bridgehead atoms. The highest BCUT2D eigenvalue weighted by atomic mass is 16.1. The van der Waals surface area contributed by atoms with E-state index in [2.05, 4.69) is 20.1 Å². The topological polar surface area (TPSA) is 48.5 Å². The van der Waals surface area contributed by atoms with E-state index in [9.17, 15) is 4.79 Å². The van der Waals surface area contributed by atoms with Gasteiger partial charge in [-0.2, -0.15) is 0 Å². The number of hydrogen-bond donors (Lipinski definition) is 1. The lowest BCUT2D eigenvalue weighted by Crippen LogP contribution is -2.51. The quantitative estimate of drug-likeness (QED) is 0.819. The Labute approximate surface area is 169 Å². The normalized spacial score (nSPS) is 25.8. The molecule has 3 fully saturated rings. The van der Waals surface area contributed by atoms with Gasteiger partial charge in [0.25, 0.3) is 0 Å². The van der Waals surface area contributed by atoms with E-state index in [1.807, 2.05) is 18.2 Å². The Morgan fingerprint density at radius 1 is 1.04 bits per heavy atom. The van der Waals surface area contributed by atoms with Crippen molar-refractivity contribution in [1.82, 2.24) is 20.1 Å². The van der Waals surface area contributed by atoms with Crippen LogP contribution in [-0.4, -0.2) is 59.5 Å². The van der Waals surface area contributed by atoms with Gasteiger partial charge in [0.15, 0.2) is 0 Å². The largest absolute Gasteiger partial charge is 0.350 e. The van der Waals surface area contributed by atoms with Crippen LogP contribution in [0.4, 0.5) is 0 Å². The molecule has 28 heavy (non-hydrogen) atoms. The van der Waals surface area contributed by atoms with E-state index in [1.165, 1.54) is 58.2 Å². The minimum absolute atomic E-state index is 0.133. The summed E-state index contributed by atoms with van der Waals surface area (Å²) in [7, 11) is 0. The maximum atomic E-state index is 12.7. The number of hydrogen-bond acceptors (Lipinski definition) is 4. The van der Waals surface area contributed by atoms with Crippen LogP contribution in [0.25, 0.3) is 0 Å². The Hall–Kier alpha value is -1.46. The monoisotopic (exact) mass is 384 g/mol. The second-order valence-electron chi connectivity index (χ2n) is 9.06. The average Bonchev–Trinajstić information content (AvgIpc) is 3.26. The lowest BCUT2D eigenvalue weighted by Gasteiger charge is -2.42. The van der Waals surface area contributed by atoms with Crippen molar-refractivity contribution >= 4 is 5.91 Å². The van der Waals surface area contributed by atoms with Gasteiger partial charge in [-0.05, 0) is 76.2 Å². The molecule has 1 N–H and O–H groups in total. The van der Waals surface area contributed by atoms with Crippen molar-refractivity contribution in [3.63, 3.8) is 0 Å². The maximum absolute atomic E-state index is 12.7. The number of aromatic nitrogens is 1. The smallest absolute Gasteiger partial charge is 0.224 e. The van der Waals surface area contributed by atoms with E-state index in [1.54, 1.807) is 6.20 Å². The van der Waals surface area contributed by atoms with Gasteiger partial charge in [0, 0.05) is 25.3 Å². The molecule has 154 valence electrons. The van der Waals surface area contributed by atoms with E-state index in [0.29, 0.717) is 12.6 Å².